The van der Waals surface area contributed by atoms with E-state index in [1.54, 1.807) is 23.1 Å². The maximum atomic E-state index is 12.5. The average molecular weight is 500 g/mol. The van der Waals surface area contributed by atoms with Crippen LogP contribution in [0.25, 0.3) is 0 Å². The number of hydrogen-bond donors (Lipinski definition) is 4. The number of rotatable bonds is 7. The normalized spacial score (nSPS) is 29.5. The number of aromatic nitrogens is 2. The average Bonchev–Trinajstić information content (AvgIpc) is 3.31. The second-order valence-corrected chi connectivity index (χ2v) is 10.4. The molecule has 0 spiro atoms. The number of hydrogen-bond acceptors (Lipinski definition) is 6. The number of halogens is 1. The van der Waals surface area contributed by atoms with Crippen LogP contribution >= 0.6 is 11.8 Å². The number of imidazole rings is 1. The zero-order valence-electron chi connectivity index (χ0n) is 19.0. The molecule has 2 amide bonds. The molecule has 0 unspecified atom stereocenters. The van der Waals surface area contributed by atoms with Crippen molar-refractivity contribution in [1.29, 1.82) is 0 Å². The lowest BCUT2D eigenvalue weighted by Gasteiger charge is -2.46. The number of thioether (sulfide) groups is 1. The molecule has 3 aliphatic heterocycles. The van der Waals surface area contributed by atoms with Crippen molar-refractivity contribution in [1.82, 2.24) is 14.8 Å². The van der Waals surface area contributed by atoms with Gasteiger partial charge in [0, 0.05) is 35.1 Å². The highest BCUT2D eigenvalue weighted by Gasteiger charge is 2.60. The maximum Gasteiger partial charge on any atom is 0.353 e. The fraction of sp³-hybridized carbons (Fsp3) is 0.619. The van der Waals surface area contributed by atoms with E-state index in [-0.39, 0.29) is 47.3 Å². The summed E-state index contributed by atoms with van der Waals surface area (Å²) in [5.41, 5.74) is 6.52. The quantitative estimate of drug-likeness (QED) is 0.222. The van der Waals surface area contributed by atoms with Gasteiger partial charge in [-0.15, -0.1) is 11.8 Å². The van der Waals surface area contributed by atoms with Gasteiger partial charge in [0.05, 0.1) is 32.2 Å². The van der Waals surface area contributed by atoms with E-state index in [0.29, 0.717) is 17.2 Å². The smallest absolute Gasteiger partial charge is 0.353 e. The Kier molecular flexibility index (Phi) is 7.18. The number of carbonyl (C=O) groups is 3. The summed E-state index contributed by atoms with van der Waals surface area (Å²) in [6.45, 7) is 4.24. The topological polar surface area (TPSA) is 142 Å². The van der Waals surface area contributed by atoms with Crippen molar-refractivity contribution in [3.8, 4) is 0 Å². The number of aryl methyl sites for hydroxylation is 1. The maximum absolute atomic E-state index is 12.5. The predicted molar refractivity (Wildman–Crippen MR) is 116 cm³/mol. The number of amides is 2. The molecule has 6 atom stereocenters. The molecule has 0 saturated carbocycles. The zero-order chi connectivity index (χ0) is 23.5. The summed E-state index contributed by atoms with van der Waals surface area (Å²) in [6.07, 6.45) is 2.64. The molecule has 3 aliphatic rings. The van der Waals surface area contributed by atoms with Crippen molar-refractivity contribution in [3.05, 3.63) is 28.3 Å². The lowest BCUT2D eigenvalue weighted by Crippen LogP contribution is -3.00. The number of carboxylic acids is 1. The van der Waals surface area contributed by atoms with Gasteiger partial charge in [0.25, 0.3) is 0 Å². The molecule has 0 aromatic carbocycles. The van der Waals surface area contributed by atoms with Crippen LogP contribution < -0.4 is 28.0 Å². The largest absolute Gasteiger partial charge is 1.00 e. The second-order valence-electron chi connectivity index (χ2n) is 9.03. The summed E-state index contributed by atoms with van der Waals surface area (Å²) < 4.78 is 3.53. The Bertz CT molecular complexity index is 1020. The van der Waals surface area contributed by atoms with Crippen molar-refractivity contribution in [2.45, 2.75) is 50.1 Å². The van der Waals surface area contributed by atoms with Crippen LogP contribution in [0.2, 0.25) is 0 Å². The number of nitrogens with zero attached hydrogens (tertiary/aromatic N) is 3. The molecule has 33 heavy (non-hydrogen) atoms. The molecule has 182 valence electrons. The highest BCUT2D eigenvalue weighted by molar-refractivity contribution is 8.03. The van der Waals surface area contributed by atoms with Gasteiger partial charge < -0.3 is 38.6 Å². The standard InChI is InChI=1S/C21H29N5O5S.ClH/c1-9-15-14(10(2)27)20(29)26(15)16(21(30)31)17(9)32-13-6-11(23-7-13)5-12-8-24(3)19(18(22)28)25(12)4;/h8-11,13-15,23,27H,5-7H2,1-4H3,(H2-,22,28,30,31);1H/t9-,10-,11-,13+,14-,15-;/m1./s1. The highest BCUT2D eigenvalue weighted by atomic mass is 35.5. The van der Waals surface area contributed by atoms with Gasteiger partial charge in [-0.3, -0.25) is 9.59 Å². The number of aliphatic carboxylic acids is 1. The molecule has 2 saturated heterocycles. The molecule has 12 heteroatoms. The summed E-state index contributed by atoms with van der Waals surface area (Å²) >= 11 is 1.53. The third-order valence-corrected chi connectivity index (χ3v) is 8.40. The lowest BCUT2D eigenvalue weighted by atomic mass is 9.79. The van der Waals surface area contributed by atoms with E-state index < -0.39 is 23.9 Å². The molecule has 0 radical (unpaired) electrons. The molecule has 10 nitrogen and oxygen atoms in total. The highest BCUT2D eigenvalue weighted by Crippen LogP contribution is 2.51. The Morgan fingerprint density at radius 3 is 2.64 bits per heavy atom. The first-order chi connectivity index (χ1) is 15.0. The van der Waals surface area contributed by atoms with E-state index in [9.17, 15) is 24.6 Å². The van der Waals surface area contributed by atoms with E-state index in [1.165, 1.54) is 16.7 Å². The van der Waals surface area contributed by atoms with Gasteiger partial charge >= 0.3 is 17.7 Å². The Hall–Kier alpha value is -2.08. The van der Waals surface area contributed by atoms with Crippen LogP contribution in [-0.2, 0) is 30.1 Å². The number of nitrogens with one attached hydrogen (secondary N) is 1. The summed E-state index contributed by atoms with van der Waals surface area (Å²) in [5, 5.41) is 23.5. The molecule has 4 heterocycles. The van der Waals surface area contributed by atoms with Crippen LogP contribution in [0.3, 0.4) is 0 Å². The van der Waals surface area contributed by atoms with Gasteiger partial charge in [0.1, 0.15) is 17.6 Å². The van der Waals surface area contributed by atoms with Crippen LogP contribution in [0.1, 0.15) is 36.6 Å². The molecule has 1 aromatic heterocycles. The number of β-lactam (4-membered cyclic amide) rings is 1. The van der Waals surface area contributed by atoms with Crippen LogP contribution in [0.4, 0.5) is 0 Å². The van der Waals surface area contributed by atoms with Gasteiger partial charge in [0.2, 0.25) is 5.91 Å². The van der Waals surface area contributed by atoms with Gasteiger partial charge in [-0.2, -0.15) is 0 Å². The summed E-state index contributed by atoms with van der Waals surface area (Å²) in [5.74, 6) is -2.14. The monoisotopic (exact) mass is 499 g/mol. The first kappa shape index (κ1) is 25.5. The molecular weight excluding hydrogens is 470 g/mol. The van der Waals surface area contributed by atoms with E-state index in [2.05, 4.69) is 5.32 Å². The molecule has 4 rings (SSSR count). The van der Waals surface area contributed by atoms with Crippen LogP contribution in [0.15, 0.2) is 16.8 Å². The lowest BCUT2D eigenvalue weighted by molar-refractivity contribution is -0.673. The minimum Gasteiger partial charge on any atom is -1.00 e. The third kappa shape index (κ3) is 4.16. The summed E-state index contributed by atoms with van der Waals surface area (Å²) in [4.78, 5) is 38.2. The number of fused-ring (bicyclic) bond motifs is 1. The molecule has 0 bridgehead atoms. The zero-order valence-corrected chi connectivity index (χ0v) is 20.6. The van der Waals surface area contributed by atoms with Gasteiger partial charge in [0.15, 0.2) is 0 Å². The summed E-state index contributed by atoms with van der Waals surface area (Å²) in [7, 11) is 3.61. The van der Waals surface area contributed by atoms with E-state index in [1.807, 2.05) is 20.2 Å². The minimum atomic E-state index is -1.10. The van der Waals surface area contributed by atoms with Crippen molar-refractivity contribution < 1.29 is 41.6 Å². The number of aliphatic hydroxyl groups is 1. The molecular formula is C21H30ClN5O5S. The minimum absolute atomic E-state index is 0. The van der Waals surface area contributed by atoms with E-state index in [0.717, 1.165) is 18.7 Å². The van der Waals surface area contributed by atoms with E-state index in [4.69, 9.17) is 5.73 Å². The number of aliphatic hydroxyl groups excluding tert-OH is 1. The molecule has 0 aliphatic carbocycles. The SMILES string of the molecule is C[C@@H](O)[C@H]1C(=O)N2C(C(=O)O)=C(S[C@@H]3CN[C@H](Cc4c[n+](C)c(C(N)=O)n4C)C3)[C@H](C)[C@H]12.[Cl-]. The van der Waals surface area contributed by atoms with Gasteiger partial charge in [-0.1, -0.05) is 6.92 Å². The number of primary amides is 1. The van der Waals surface area contributed by atoms with Crippen molar-refractivity contribution in [2.24, 2.45) is 31.7 Å². The van der Waals surface area contributed by atoms with Crippen molar-refractivity contribution >= 4 is 29.5 Å². The molecule has 1 aromatic rings. The van der Waals surface area contributed by atoms with Gasteiger partial charge in [-0.25, -0.2) is 13.9 Å². The van der Waals surface area contributed by atoms with Gasteiger partial charge in [-0.05, 0) is 13.3 Å². The fourth-order valence-corrected chi connectivity index (χ4v) is 6.93. The Balaban J connectivity index is 0.00000306. The predicted octanol–water partition coefficient (Wildman–Crippen LogP) is -3.89. The fourth-order valence-electron chi connectivity index (χ4n) is 5.41. The van der Waals surface area contributed by atoms with Crippen molar-refractivity contribution in [3.63, 3.8) is 0 Å². The molecule has 5 N–H and O–H groups in total. The number of carbonyl (C=O) groups excluding carboxylic acids is 2. The first-order valence-electron chi connectivity index (χ1n) is 10.8. The first-order valence-corrected chi connectivity index (χ1v) is 11.6. The summed E-state index contributed by atoms with van der Waals surface area (Å²) in [6, 6.07) is -0.117. The number of nitrogens with two attached hydrogens (primary N) is 1. The Morgan fingerprint density at radius 2 is 2.09 bits per heavy atom. The Morgan fingerprint density at radius 1 is 1.42 bits per heavy atom. The van der Waals surface area contributed by atoms with Crippen molar-refractivity contribution in [2.75, 3.05) is 6.54 Å². The van der Waals surface area contributed by atoms with Crippen LogP contribution in [0, 0.1) is 11.8 Å². The van der Waals surface area contributed by atoms with E-state index >= 15 is 0 Å². The number of carboxylic acid groups (broad SMARTS) is 1. The van der Waals surface area contributed by atoms with Crippen LogP contribution in [-0.4, -0.2) is 67.4 Å². The third-order valence-electron chi connectivity index (χ3n) is 6.89. The molecule has 2 fully saturated rings. The van der Waals surface area contributed by atoms with Crippen LogP contribution in [0.5, 0.6) is 0 Å². The Labute approximate surface area is 202 Å². The second kappa shape index (κ2) is 9.28.